The van der Waals surface area contributed by atoms with Crippen molar-refractivity contribution < 1.29 is 19.4 Å². The molecule has 1 N–H and O–H groups in total. The second-order valence-corrected chi connectivity index (χ2v) is 5.69. The van der Waals surface area contributed by atoms with E-state index in [2.05, 4.69) is 0 Å². The Morgan fingerprint density at radius 3 is 2.38 bits per heavy atom. The molecule has 0 aliphatic rings. The lowest BCUT2D eigenvalue weighted by atomic mass is 10.2. The summed E-state index contributed by atoms with van der Waals surface area (Å²) in [5.74, 6) is 0.00230. The van der Waals surface area contributed by atoms with Crippen molar-refractivity contribution in [3.8, 4) is 5.75 Å². The molecule has 0 aliphatic heterocycles. The first-order valence-electron chi connectivity index (χ1n) is 6.85. The van der Waals surface area contributed by atoms with Crippen LogP contribution in [-0.4, -0.2) is 34.9 Å². The zero-order valence-electron chi connectivity index (χ0n) is 12.4. The van der Waals surface area contributed by atoms with Crippen LogP contribution in [0, 0.1) is 0 Å². The predicted octanol–water partition coefficient (Wildman–Crippen LogP) is 3.20. The first kappa shape index (κ1) is 17.4. The van der Waals surface area contributed by atoms with E-state index < -0.39 is 5.97 Å². The number of rotatable bonds is 9. The molecule has 0 aromatic heterocycles. The van der Waals surface area contributed by atoms with Gasteiger partial charge >= 0.3 is 5.97 Å². The second-order valence-electron chi connectivity index (χ2n) is 4.59. The number of benzene rings is 1. The van der Waals surface area contributed by atoms with Crippen LogP contribution in [0.2, 0.25) is 0 Å². The second kappa shape index (κ2) is 9.28. The number of methoxy groups -OCH3 is 1. The lowest BCUT2D eigenvalue weighted by molar-refractivity contribution is -0.137. The summed E-state index contributed by atoms with van der Waals surface area (Å²) >= 11 is 1.39. The molecule has 116 valence electrons. The predicted molar refractivity (Wildman–Crippen MR) is 82.3 cm³/mol. The van der Waals surface area contributed by atoms with Crippen LogP contribution in [0.1, 0.15) is 32.6 Å². The molecule has 0 aliphatic carbocycles. The van der Waals surface area contributed by atoms with Crippen molar-refractivity contribution in [1.82, 2.24) is 4.31 Å². The molecule has 0 radical (unpaired) electrons. The van der Waals surface area contributed by atoms with Gasteiger partial charge in [-0.05, 0) is 49.1 Å². The van der Waals surface area contributed by atoms with Gasteiger partial charge in [0.25, 0.3) is 0 Å². The van der Waals surface area contributed by atoms with Crippen LogP contribution in [0.15, 0.2) is 29.2 Å². The smallest absolute Gasteiger partial charge is 0.303 e. The number of aliphatic carboxylic acids is 1. The number of hydrogen-bond acceptors (Lipinski definition) is 4. The summed E-state index contributed by atoms with van der Waals surface area (Å²) in [4.78, 5) is 23.0. The molecule has 0 bridgehead atoms. The maximum Gasteiger partial charge on any atom is 0.303 e. The van der Waals surface area contributed by atoms with Gasteiger partial charge < -0.3 is 9.84 Å². The molecule has 1 aromatic carbocycles. The third-order valence-electron chi connectivity index (χ3n) is 2.88. The van der Waals surface area contributed by atoms with Crippen molar-refractivity contribution in [2.45, 2.75) is 37.5 Å². The topological polar surface area (TPSA) is 66.8 Å². The number of unbranched alkanes of at least 4 members (excludes halogenated alkanes) is 2. The van der Waals surface area contributed by atoms with Gasteiger partial charge in [-0.3, -0.25) is 13.9 Å². The van der Waals surface area contributed by atoms with E-state index in [1.807, 2.05) is 24.3 Å². The minimum Gasteiger partial charge on any atom is -0.497 e. The van der Waals surface area contributed by atoms with Crippen LogP contribution in [0.25, 0.3) is 0 Å². The van der Waals surface area contributed by atoms with Crippen LogP contribution in [0.3, 0.4) is 0 Å². The van der Waals surface area contributed by atoms with Crippen molar-refractivity contribution in [3.63, 3.8) is 0 Å². The number of carboxylic acid groups (broad SMARTS) is 1. The fourth-order valence-corrected chi connectivity index (χ4v) is 2.60. The van der Waals surface area contributed by atoms with Gasteiger partial charge in [0, 0.05) is 24.8 Å². The van der Waals surface area contributed by atoms with Gasteiger partial charge in [-0.2, -0.15) is 0 Å². The van der Waals surface area contributed by atoms with E-state index in [9.17, 15) is 9.59 Å². The fourth-order valence-electron chi connectivity index (χ4n) is 1.74. The number of carboxylic acids is 1. The Balaban J connectivity index is 2.42. The Kier molecular flexibility index (Phi) is 7.68. The van der Waals surface area contributed by atoms with Crippen molar-refractivity contribution in [3.05, 3.63) is 24.3 Å². The van der Waals surface area contributed by atoms with E-state index in [0.717, 1.165) is 23.5 Å². The number of carbonyl (C=O) groups excluding carboxylic acids is 1. The lowest BCUT2D eigenvalue weighted by Crippen LogP contribution is -2.22. The molecule has 0 spiro atoms. The molecule has 5 nitrogen and oxygen atoms in total. The van der Waals surface area contributed by atoms with Gasteiger partial charge in [-0.15, -0.1) is 0 Å². The van der Waals surface area contributed by atoms with Crippen molar-refractivity contribution in [1.29, 1.82) is 0 Å². The Bertz CT molecular complexity index is 461. The first-order valence-corrected chi connectivity index (χ1v) is 7.62. The van der Waals surface area contributed by atoms with Crippen LogP contribution < -0.4 is 4.74 Å². The van der Waals surface area contributed by atoms with Crippen LogP contribution in [0.4, 0.5) is 0 Å². The van der Waals surface area contributed by atoms with Gasteiger partial charge in [0.05, 0.1) is 7.11 Å². The SMILES string of the molecule is COc1ccc(SN(CCCCCC(=O)O)C(C)=O)cc1. The van der Waals surface area contributed by atoms with Gasteiger partial charge in [0.2, 0.25) is 5.91 Å². The number of carbonyl (C=O) groups is 2. The maximum atomic E-state index is 11.6. The standard InChI is InChI=1S/C15H21NO4S/c1-12(17)16(11-5-3-4-6-15(18)19)21-14-9-7-13(20-2)8-10-14/h7-10H,3-6,11H2,1-2H3,(H,18,19). The Hall–Kier alpha value is -1.69. The molecule has 0 saturated heterocycles. The number of hydrogen-bond donors (Lipinski definition) is 1. The Morgan fingerprint density at radius 1 is 1.19 bits per heavy atom. The first-order chi connectivity index (χ1) is 10.0. The van der Waals surface area contributed by atoms with E-state index in [1.165, 1.54) is 18.9 Å². The van der Waals surface area contributed by atoms with Gasteiger partial charge in [0.15, 0.2) is 0 Å². The summed E-state index contributed by atoms with van der Waals surface area (Å²) in [7, 11) is 1.61. The molecule has 0 unspecified atom stereocenters. The van der Waals surface area contributed by atoms with Gasteiger partial charge in [0.1, 0.15) is 5.75 Å². The van der Waals surface area contributed by atoms with Crippen molar-refractivity contribution in [2.24, 2.45) is 0 Å². The van der Waals surface area contributed by atoms with E-state index >= 15 is 0 Å². The molecule has 1 rings (SSSR count). The van der Waals surface area contributed by atoms with E-state index in [-0.39, 0.29) is 12.3 Å². The summed E-state index contributed by atoms with van der Waals surface area (Å²) in [6, 6.07) is 7.52. The highest BCUT2D eigenvalue weighted by atomic mass is 32.2. The Labute approximate surface area is 129 Å². The zero-order chi connectivity index (χ0) is 15.7. The van der Waals surface area contributed by atoms with Crippen molar-refractivity contribution >= 4 is 23.8 Å². The minimum absolute atomic E-state index is 0.00551. The largest absolute Gasteiger partial charge is 0.497 e. The van der Waals surface area contributed by atoms with Crippen LogP contribution >= 0.6 is 11.9 Å². The molecule has 0 saturated carbocycles. The molecule has 0 fully saturated rings. The summed E-state index contributed by atoms with van der Waals surface area (Å²) in [5.41, 5.74) is 0. The van der Waals surface area contributed by atoms with Gasteiger partial charge in [-0.1, -0.05) is 6.42 Å². The number of nitrogens with zero attached hydrogens (tertiary/aromatic N) is 1. The van der Waals surface area contributed by atoms with Crippen LogP contribution in [-0.2, 0) is 9.59 Å². The number of ether oxygens (including phenoxy) is 1. The Morgan fingerprint density at radius 2 is 1.86 bits per heavy atom. The third-order valence-corrected chi connectivity index (χ3v) is 4.02. The highest BCUT2D eigenvalue weighted by molar-refractivity contribution is 7.97. The monoisotopic (exact) mass is 311 g/mol. The van der Waals surface area contributed by atoms with E-state index in [0.29, 0.717) is 13.0 Å². The van der Waals surface area contributed by atoms with Crippen molar-refractivity contribution in [2.75, 3.05) is 13.7 Å². The molecule has 1 aromatic rings. The summed E-state index contributed by atoms with van der Waals surface area (Å²) in [6.45, 7) is 2.15. The molecular formula is C15H21NO4S. The molecule has 1 amide bonds. The minimum atomic E-state index is -0.772. The quantitative estimate of drug-likeness (QED) is 0.560. The normalized spacial score (nSPS) is 10.2. The van der Waals surface area contributed by atoms with Crippen LogP contribution in [0.5, 0.6) is 5.75 Å². The molecule has 21 heavy (non-hydrogen) atoms. The van der Waals surface area contributed by atoms with E-state index in [4.69, 9.17) is 9.84 Å². The number of amides is 1. The highest BCUT2D eigenvalue weighted by Gasteiger charge is 2.10. The summed E-state index contributed by atoms with van der Waals surface area (Å²) in [6.07, 6.45) is 2.44. The third kappa shape index (κ3) is 7.04. The lowest BCUT2D eigenvalue weighted by Gasteiger charge is -2.19. The molecule has 6 heteroatoms. The molecule has 0 atom stereocenters. The van der Waals surface area contributed by atoms with E-state index in [1.54, 1.807) is 11.4 Å². The molecule has 0 heterocycles. The van der Waals surface area contributed by atoms with Gasteiger partial charge in [-0.25, -0.2) is 0 Å². The fraction of sp³-hybridized carbons (Fsp3) is 0.467. The maximum absolute atomic E-state index is 11.6. The zero-order valence-corrected chi connectivity index (χ0v) is 13.2. The summed E-state index contributed by atoms with van der Waals surface area (Å²) in [5, 5.41) is 8.57. The highest BCUT2D eigenvalue weighted by Crippen LogP contribution is 2.25. The average molecular weight is 311 g/mol. The molecular weight excluding hydrogens is 290 g/mol. The summed E-state index contributed by atoms with van der Waals surface area (Å²) < 4.78 is 6.79. The average Bonchev–Trinajstić information content (AvgIpc) is 2.45.